The van der Waals surface area contributed by atoms with Gasteiger partial charge in [0.15, 0.2) is 0 Å². The molecule has 3 nitrogen and oxygen atoms in total. The molecule has 0 aliphatic rings. The van der Waals surface area contributed by atoms with Crippen LogP contribution in [0.3, 0.4) is 0 Å². The largest absolute Gasteiger partial charge is 0.478 e. The number of halogens is 1. The smallest absolute Gasteiger partial charge is 0.339 e. The van der Waals surface area contributed by atoms with E-state index in [0.717, 1.165) is 22.3 Å². The van der Waals surface area contributed by atoms with Gasteiger partial charge in [-0.2, -0.15) is 0 Å². The van der Waals surface area contributed by atoms with E-state index in [1.54, 1.807) is 12.1 Å². The quantitative estimate of drug-likeness (QED) is 0.661. The van der Waals surface area contributed by atoms with Crippen molar-refractivity contribution in [3.8, 4) is 22.5 Å². The first-order chi connectivity index (χ1) is 11.8. The molecule has 4 heteroatoms. The summed E-state index contributed by atoms with van der Waals surface area (Å²) in [7, 11) is 0. The molecule has 3 aromatic rings. The first kappa shape index (κ1) is 17.0. The van der Waals surface area contributed by atoms with E-state index in [9.17, 15) is 14.3 Å². The highest BCUT2D eigenvalue weighted by Gasteiger charge is 2.24. The lowest BCUT2D eigenvalue weighted by Crippen LogP contribution is -2.13. The number of carboxylic acids is 1. The summed E-state index contributed by atoms with van der Waals surface area (Å²) >= 11 is 0. The molecule has 0 spiro atoms. The van der Waals surface area contributed by atoms with Crippen molar-refractivity contribution in [1.29, 1.82) is 0 Å². The fourth-order valence-corrected chi connectivity index (χ4v) is 2.87. The lowest BCUT2D eigenvalue weighted by Gasteiger charge is -2.23. The van der Waals surface area contributed by atoms with E-state index in [-0.39, 0.29) is 16.8 Å². The molecule has 0 radical (unpaired) electrons. The zero-order valence-electron chi connectivity index (χ0n) is 14.3. The van der Waals surface area contributed by atoms with Gasteiger partial charge in [0.25, 0.3) is 0 Å². The highest BCUT2D eigenvalue weighted by molar-refractivity contribution is 5.95. The topological polar surface area (TPSA) is 50.4 Å². The molecule has 0 saturated heterocycles. The van der Waals surface area contributed by atoms with Gasteiger partial charge in [-0.25, -0.2) is 9.18 Å². The first-order valence-corrected chi connectivity index (χ1v) is 7.99. The standard InChI is InChI=1S/C21H19FO3/c1-21(2,3)18-12-14(13-4-7-15(22)8-5-13)6-9-16(18)19-17(20(23)24)10-11-25-19/h4-12H,1-3H3,(H,23,24). The van der Waals surface area contributed by atoms with E-state index >= 15 is 0 Å². The highest BCUT2D eigenvalue weighted by Crippen LogP contribution is 2.38. The summed E-state index contributed by atoms with van der Waals surface area (Å²) < 4.78 is 18.7. The Morgan fingerprint density at radius 1 is 1.00 bits per heavy atom. The number of aromatic carboxylic acids is 1. The third-order valence-corrected chi connectivity index (χ3v) is 4.15. The molecule has 0 saturated carbocycles. The van der Waals surface area contributed by atoms with Crippen molar-refractivity contribution in [1.82, 2.24) is 0 Å². The van der Waals surface area contributed by atoms with Crippen molar-refractivity contribution in [3.63, 3.8) is 0 Å². The first-order valence-electron chi connectivity index (χ1n) is 7.99. The van der Waals surface area contributed by atoms with Crippen LogP contribution in [-0.4, -0.2) is 11.1 Å². The van der Waals surface area contributed by atoms with E-state index in [0.29, 0.717) is 5.76 Å². The normalized spacial score (nSPS) is 11.5. The monoisotopic (exact) mass is 338 g/mol. The molecular weight excluding hydrogens is 319 g/mol. The van der Waals surface area contributed by atoms with Gasteiger partial charge in [-0.15, -0.1) is 0 Å². The van der Waals surface area contributed by atoms with Crippen LogP contribution in [0.15, 0.2) is 59.2 Å². The fourth-order valence-electron chi connectivity index (χ4n) is 2.87. The average molecular weight is 338 g/mol. The number of carbonyl (C=O) groups is 1. The summed E-state index contributed by atoms with van der Waals surface area (Å²) in [6, 6.07) is 13.5. The van der Waals surface area contributed by atoms with Crippen molar-refractivity contribution in [2.45, 2.75) is 26.2 Å². The van der Waals surface area contributed by atoms with E-state index in [1.807, 2.05) is 18.2 Å². The van der Waals surface area contributed by atoms with Crippen LogP contribution < -0.4 is 0 Å². The maximum atomic E-state index is 13.2. The third-order valence-electron chi connectivity index (χ3n) is 4.15. The zero-order chi connectivity index (χ0) is 18.2. The van der Waals surface area contributed by atoms with E-state index in [2.05, 4.69) is 20.8 Å². The molecular formula is C21H19FO3. The minimum Gasteiger partial charge on any atom is -0.478 e. The summed E-state index contributed by atoms with van der Waals surface area (Å²) in [5, 5.41) is 9.37. The van der Waals surface area contributed by atoms with Crippen LogP contribution in [-0.2, 0) is 5.41 Å². The maximum absolute atomic E-state index is 13.2. The zero-order valence-corrected chi connectivity index (χ0v) is 14.3. The van der Waals surface area contributed by atoms with Crippen molar-refractivity contribution in [3.05, 3.63) is 71.7 Å². The fraction of sp³-hybridized carbons (Fsp3) is 0.190. The van der Waals surface area contributed by atoms with Crippen LogP contribution in [0.25, 0.3) is 22.5 Å². The van der Waals surface area contributed by atoms with Crippen LogP contribution in [0.1, 0.15) is 36.7 Å². The van der Waals surface area contributed by atoms with Crippen LogP contribution in [0.5, 0.6) is 0 Å². The predicted molar refractivity (Wildman–Crippen MR) is 95.2 cm³/mol. The second-order valence-electron chi connectivity index (χ2n) is 6.99. The Morgan fingerprint density at radius 3 is 2.24 bits per heavy atom. The van der Waals surface area contributed by atoms with Crippen LogP contribution in [0, 0.1) is 5.82 Å². The Kier molecular flexibility index (Phi) is 4.21. The van der Waals surface area contributed by atoms with Gasteiger partial charge in [0, 0.05) is 5.56 Å². The second-order valence-corrected chi connectivity index (χ2v) is 6.99. The molecule has 0 aliphatic heterocycles. The minimum absolute atomic E-state index is 0.139. The Labute approximate surface area is 145 Å². The molecule has 1 heterocycles. The summed E-state index contributed by atoms with van der Waals surface area (Å²) in [5.41, 5.74) is 3.47. The van der Waals surface area contributed by atoms with E-state index in [4.69, 9.17) is 4.42 Å². The number of furan rings is 1. The predicted octanol–water partition coefficient (Wildman–Crippen LogP) is 5.75. The number of hydrogen-bond acceptors (Lipinski definition) is 2. The van der Waals surface area contributed by atoms with Crippen LogP contribution in [0.4, 0.5) is 4.39 Å². The van der Waals surface area contributed by atoms with Gasteiger partial charge in [0.05, 0.1) is 6.26 Å². The van der Waals surface area contributed by atoms with Gasteiger partial charge in [0.2, 0.25) is 0 Å². The van der Waals surface area contributed by atoms with Gasteiger partial charge >= 0.3 is 5.97 Å². The minimum atomic E-state index is -1.02. The summed E-state index contributed by atoms with van der Waals surface area (Å²) in [5.74, 6) is -0.951. The molecule has 25 heavy (non-hydrogen) atoms. The molecule has 3 rings (SSSR count). The van der Waals surface area contributed by atoms with Crippen molar-refractivity contribution in [2.75, 3.05) is 0 Å². The molecule has 0 unspecified atom stereocenters. The SMILES string of the molecule is CC(C)(C)c1cc(-c2ccc(F)cc2)ccc1-c1occc1C(=O)O. The van der Waals surface area contributed by atoms with Gasteiger partial charge in [-0.05, 0) is 46.4 Å². The number of hydrogen-bond donors (Lipinski definition) is 1. The summed E-state index contributed by atoms with van der Waals surface area (Å²) in [4.78, 5) is 11.4. The van der Waals surface area contributed by atoms with Crippen LogP contribution in [0.2, 0.25) is 0 Å². The highest BCUT2D eigenvalue weighted by atomic mass is 19.1. The number of benzene rings is 2. The third kappa shape index (κ3) is 3.33. The van der Waals surface area contributed by atoms with Crippen molar-refractivity contribution in [2.24, 2.45) is 0 Å². The van der Waals surface area contributed by atoms with Gasteiger partial charge < -0.3 is 9.52 Å². The van der Waals surface area contributed by atoms with E-state index < -0.39 is 5.97 Å². The molecule has 1 aromatic heterocycles. The molecule has 1 N–H and O–H groups in total. The number of carboxylic acid groups (broad SMARTS) is 1. The van der Waals surface area contributed by atoms with Gasteiger partial charge in [0.1, 0.15) is 17.1 Å². The molecule has 0 atom stereocenters. The molecule has 2 aromatic carbocycles. The van der Waals surface area contributed by atoms with E-state index in [1.165, 1.54) is 24.5 Å². The lowest BCUT2D eigenvalue weighted by molar-refractivity contribution is 0.0697. The Morgan fingerprint density at radius 2 is 1.64 bits per heavy atom. The van der Waals surface area contributed by atoms with Crippen molar-refractivity contribution < 1.29 is 18.7 Å². The summed E-state index contributed by atoms with van der Waals surface area (Å²) in [6.07, 6.45) is 1.39. The maximum Gasteiger partial charge on any atom is 0.339 e. The molecule has 0 fully saturated rings. The van der Waals surface area contributed by atoms with Crippen molar-refractivity contribution >= 4 is 5.97 Å². The van der Waals surface area contributed by atoms with Crippen LogP contribution >= 0.6 is 0 Å². The molecule has 0 aliphatic carbocycles. The Bertz CT molecular complexity index is 915. The number of rotatable bonds is 3. The lowest BCUT2D eigenvalue weighted by atomic mass is 9.81. The average Bonchev–Trinajstić information content (AvgIpc) is 3.04. The Balaban J connectivity index is 2.19. The summed E-state index contributed by atoms with van der Waals surface area (Å²) in [6.45, 7) is 6.18. The Hall–Kier alpha value is -2.88. The molecule has 0 bridgehead atoms. The second kappa shape index (κ2) is 6.20. The molecule has 128 valence electrons. The molecule has 0 amide bonds. The van der Waals surface area contributed by atoms with Gasteiger partial charge in [-0.1, -0.05) is 45.0 Å². The van der Waals surface area contributed by atoms with Gasteiger partial charge in [-0.3, -0.25) is 0 Å².